The molecule has 3 atom stereocenters. The standard InChI is InChI=1S/C26H27N3O3S/c1-25(2)16-10-11-26(3)17(13-15-12-14-8-6-7-9-18(14)27-21(15)33-26)19(16)20-22(30)28(4)24(31)29(5)23(20)32-25/h6-9,12-13,16,19H,10-11H2,1-5H3. The highest BCUT2D eigenvalue weighted by Crippen LogP contribution is 2.61. The van der Waals surface area contributed by atoms with Gasteiger partial charge in [0.2, 0.25) is 5.88 Å². The molecule has 0 amide bonds. The van der Waals surface area contributed by atoms with Crippen LogP contribution in [-0.2, 0) is 14.1 Å². The Kier molecular flexibility index (Phi) is 4.17. The van der Waals surface area contributed by atoms with E-state index < -0.39 is 5.60 Å². The quantitative estimate of drug-likeness (QED) is 0.501. The van der Waals surface area contributed by atoms with Crippen LogP contribution in [-0.4, -0.2) is 24.5 Å². The van der Waals surface area contributed by atoms with Gasteiger partial charge in [-0.3, -0.25) is 13.9 Å². The van der Waals surface area contributed by atoms with Crippen molar-refractivity contribution < 1.29 is 4.74 Å². The third-order valence-corrected chi connectivity index (χ3v) is 9.25. The molecule has 3 aliphatic rings. The van der Waals surface area contributed by atoms with Gasteiger partial charge < -0.3 is 4.74 Å². The van der Waals surface area contributed by atoms with E-state index in [-0.39, 0.29) is 27.8 Å². The van der Waals surface area contributed by atoms with Gasteiger partial charge in [-0.2, -0.15) is 0 Å². The molecule has 0 saturated heterocycles. The zero-order valence-corrected chi connectivity index (χ0v) is 20.3. The molecule has 1 fully saturated rings. The van der Waals surface area contributed by atoms with Crippen LogP contribution in [0.2, 0.25) is 0 Å². The summed E-state index contributed by atoms with van der Waals surface area (Å²) in [5, 5.41) is 2.15. The van der Waals surface area contributed by atoms with Crippen molar-refractivity contribution in [2.24, 2.45) is 20.0 Å². The lowest BCUT2D eigenvalue weighted by Gasteiger charge is -2.53. The van der Waals surface area contributed by atoms with E-state index in [1.54, 1.807) is 14.1 Å². The van der Waals surface area contributed by atoms with Crippen LogP contribution in [0.15, 0.2) is 50.5 Å². The Labute approximate surface area is 196 Å². The minimum atomic E-state index is -0.497. The fourth-order valence-corrected chi connectivity index (χ4v) is 7.32. The molecule has 33 heavy (non-hydrogen) atoms. The van der Waals surface area contributed by atoms with Crippen molar-refractivity contribution in [1.82, 2.24) is 14.1 Å². The topological polar surface area (TPSA) is 66.1 Å². The molecular weight excluding hydrogens is 434 g/mol. The van der Waals surface area contributed by atoms with Gasteiger partial charge in [-0.05, 0) is 51.3 Å². The average molecular weight is 462 g/mol. The summed E-state index contributed by atoms with van der Waals surface area (Å²) in [4.78, 5) is 31.1. The van der Waals surface area contributed by atoms with E-state index in [0.29, 0.717) is 11.4 Å². The summed E-state index contributed by atoms with van der Waals surface area (Å²) in [5.41, 5.74) is 2.83. The smallest absolute Gasteiger partial charge is 0.333 e. The summed E-state index contributed by atoms with van der Waals surface area (Å²) < 4.78 is 8.90. The Hall–Kier alpha value is -2.80. The van der Waals surface area contributed by atoms with E-state index >= 15 is 0 Å². The number of fused-ring (bicyclic) bond motifs is 7. The highest BCUT2D eigenvalue weighted by atomic mass is 32.2. The molecule has 1 aliphatic carbocycles. The Bertz CT molecular complexity index is 1500. The molecule has 6 rings (SSSR count). The number of nitrogens with zero attached hydrogens (tertiary/aromatic N) is 3. The molecule has 0 spiro atoms. The normalized spacial score (nSPS) is 27.0. The summed E-state index contributed by atoms with van der Waals surface area (Å²) in [6, 6.07) is 10.4. The number of aromatic nitrogens is 3. The second kappa shape index (κ2) is 6.63. The van der Waals surface area contributed by atoms with Gasteiger partial charge in [0.1, 0.15) is 10.6 Å². The van der Waals surface area contributed by atoms with E-state index in [0.717, 1.165) is 34.3 Å². The summed E-state index contributed by atoms with van der Waals surface area (Å²) >= 11 is 1.81. The van der Waals surface area contributed by atoms with Crippen molar-refractivity contribution in [3.63, 3.8) is 0 Å². The lowest BCUT2D eigenvalue weighted by molar-refractivity contribution is -0.00689. The number of rotatable bonds is 0. The summed E-state index contributed by atoms with van der Waals surface area (Å²) in [7, 11) is 3.24. The highest BCUT2D eigenvalue weighted by molar-refractivity contribution is 8.01. The number of ether oxygens (including phenoxy) is 1. The third-order valence-electron chi connectivity index (χ3n) is 7.84. The molecule has 0 N–H and O–H groups in total. The monoisotopic (exact) mass is 461 g/mol. The Morgan fingerprint density at radius 3 is 2.67 bits per heavy atom. The Morgan fingerprint density at radius 2 is 1.88 bits per heavy atom. The first-order valence-corrected chi connectivity index (χ1v) is 12.2. The molecule has 0 bridgehead atoms. The van der Waals surface area contributed by atoms with Crippen LogP contribution in [0.25, 0.3) is 17.0 Å². The van der Waals surface area contributed by atoms with Crippen molar-refractivity contribution in [3.05, 3.63) is 67.9 Å². The van der Waals surface area contributed by atoms with E-state index in [1.807, 2.05) is 23.9 Å². The van der Waals surface area contributed by atoms with Gasteiger partial charge in [-0.25, -0.2) is 9.78 Å². The van der Waals surface area contributed by atoms with Gasteiger partial charge in [-0.1, -0.05) is 36.0 Å². The van der Waals surface area contributed by atoms with Crippen molar-refractivity contribution in [3.8, 4) is 5.88 Å². The van der Waals surface area contributed by atoms with E-state index in [4.69, 9.17) is 9.72 Å². The summed E-state index contributed by atoms with van der Waals surface area (Å²) in [6.45, 7) is 6.43. The average Bonchev–Trinajstić information content (AvgIpc) is 2.77. The van der Waals surface area contributed by atoms with Crippen LogP contribution in [0.3, 0.4) is 0 Å². The first-order valence-electron chi connectivity index (χ1n) is 11.4. The van der Waals surface area contributed by atoms with Gasteiger partial charge >= 0.3 is 5.69 Å². The molecule has 170 valence electrons. The predicted molar refractivity (Wildman–Crippen MR) is 131 cm³/mol. The molecule has 1 aromatic carbocycles. The fourth-order valence-electron chi connectivity index (χ4n) is 5.99. The maximum absolute atomic E-state index is 13.5. The van der Waals surface area contributed by atoms with Crippen molar-refractivity contribution in [2.45, 2.75) is 54.9 Å². The van der Waals surface area contributed by atoms with Gasteiger partial charge in [0.05, 0.1) is 11.1 Å². The van der Waals surface area contributed by atoms with Crippen molar-refractivity contribution >= 4 is 28.7 Å². The molecule has 6 nitrogen and oxygen atoms in total. The lowest BCUT2D eigenvalue weighted by atomic mass is 9.61. The van der Waals surface area contributed by atoms with Crippen molar-refractivity contribution in [2.75, 3.05) is 0 Å². The first-order chi connectivity index (χ1) is 15.6. The Morgan fingerprint density at radius 1 is 1.12 bits per heavy atom. The van der Waals surface area contributed by atoms with Crippen LogP contribution in [0, 0.1) is 5.92 Å². The largest absolute Gasteiger partial charge is 0.472 e. The molecule has 3 aromatic rings. The number of para-hydroxylation sites is 1. The summed E-state index contributed by atoms with van der Waals surface area (Å²) in [5.74, 6) is 0.442. The molecule has 2 aromatic heterocycles. The number of pyridine rings is 1. The van der Waals surface area contributed by atoms with Gasteiger partial charge in [0.25, 0.3) is 5.56 Å². The third kappa shape index (κ3) is 2.78. The second-order valence-corrected chi connectivity index (χ2v) is 11.8. The minimum absolute atomic E-state index is 0.111. The Balaban J connectivity index is 1.65. The number of thioether (sulfide) groups is 1. The number of hydrogen-bond acceptors (Lipinski definition) is 5. The SMILES string of the molecule is Cn1c2c(c(=O)n(C)c1=O)C1C3=Cc4cc5ccccc5nc4SC3(C)CCC1C(C)(C)O2. The minimum Gasteiger partial charge on any atom is -0.472 e. The van der Waals surface area contributed by atoms with E-state index in [2.05, 4.69) is 45.0 Å². The molecule has 4 heterocycles. The molecular formula is C26H27N3O3S. The fraction of sp³-hybridized carbons (Fsp3) is 0.423. The van der Waals surface area contributed by atoms with E-state index in [9.17, 15) is 9.59 Å². The van der Waals surface area contributed by atoms with Gasteiger partial charge in [-0.15, -0.1) is 0 Å². The lowest BCUT2D eigenvalue weighted by Crippen LogP contribution is -2.55. The van der Waals surface area contributed by atoms with Crippen LogP contribution < -0.4 is 16.0 Å². The molecule has 7 heteroatoms. The van der Waals surface area contributed by atoms with Crippen LogP contribution in [0.1, 0.15) is 50.7 Å². The zero-order valence-electron chi connectivity index (χ0n) is 19.5. The van der Waals surface area contributed by atoms with Crippen LogP contribution >= 0.6 is 11.8 Å². The zero-order chi connectivity index (χ0) is 23.3. The summed E-state index contributed by atoms with van der Waals surface area (Å²) in [6.07, 6.45) is 4.18. The maximum atomic E-state index is 13.5. The van der Waals surface area contributed by atoms with E-state index in [1.165, 1.54) is 14.7 Å². The molecule has 3 unspecified atom stereocenters. The number of hydrogen-bond donors (Lipinski definition) is 0. The first kappa shape index (κ1) is 20.8. The molecule has 0 radical (unpaired) electrons. The van der Waals surface area contributed by atoms with Gasteiger partial charge in [0, 0.05) is 41.6 Å². The van der Waals surface area contributed by atoms with Crippen LogP contribution in [0.4, 0.5) is 0 Å². The molecule has 1 saturated carbocycles. The number of benzene rings is 1. The van der Waals surface area contributed by atoms with Gasteiger partial charge in [0.15, 0.2) is 0 Å². The van der Waals surface area contributed by atoms with Crippen LogP contribution in [0.5, 0.6) is 5.88 Å². The highest BCUT2D eigenvalue weighted by Gasteiger charge is 2.55. The molecule has 2 aliphatic heterocycles. The maximum Gasteiger partial charge on any atom is 0.333 e. The predicted octanol–water partition coefficient (Wildman–Crippen LogP) is 4.24. The van der Waals surface area contributed by atoms with Crippen molar-refractivity contribution in [1.29, 1.82) is 0 Å². The second-order valence-electron chi connectivity index (χ2n) is 10.3.